The number of carbonyl (C=O) groups excluding carboxylic acids is 1. The molecule has 0 atom stereocenters. The minimum atomic E-state index is -0.526. The summed E-state index contributed by atoms with van der Waals surface area (Å²) >= 11 is 0. The maximum atomic E-state index is 10.5. The molecule has 0 aromatic carbocycles. The third kappa shape index (κ3) is 4.86. The van der Waals surface area contributed by atoms with E-state index in [0.29, 0.717) is 19.0 Å². The summed E-state index contributed by atoms with van der Waals surface area (Å²) in [5.74, 6) is 1.36. The molecule has 1 aromatic heterocycles. The lowest BCUT2D eigenvalue weighted by atomic mass is 10.3. The lowest BCUT2D eigenvalue weighted by Gasteiger charge is -2.10. The molecule has 0 saturated heterocycles. The van der Waals surface area contributed by atoms with E-state index in [-0.39, 0.29) is 0 Å². The fourth-order valence-corrected chi connectivity index (χ4v) is 1.31. The van der Waals surface area contributed by atoms with Crippen LogP contribution in [0.1, 0.15) is 18.9 Å². The van der Waals surface area contributed by atoms with Gasteiger partial charge in [0.25, 0.3) is 0 Å². The van der Waals surface area contributed by atoms with Crippen LogP contribution >= 0.6 is 0 Å². The second kappa shape index (κ2) is 7.31. The number of hydrogen-bond acceptors (Lipinski definition) is 5. The second-order valence-electron chi connectivity index (χ2n) is 3.87. The average molecular weight is 252 g/mol. The fraction of sp³-hybridized carbons (Fsp3) is 0.545. The van der Waals surface area contributed by atoms with Crippen molar-refractivity contribution in [3.63, 3.8) is 0 Å². The first kappa shape index (κ1) is 14.0. The number of carbonyl (C=O) groups is 1. The third-order valence-corrected chi connectivity index (χ3v) is 2.22. The van der Waals surface area contributed by atoms with E-state index in [4.69, 9.17) is 5.73 Å². The van der Waals surface area contributed by atoms with Crippen LogP contribution in [0.3, 0.4) is 0 Å². The van der Waals surface area contributed by atoms with Crippen molar-refractivity contribution in [2.45, 2.75) is 20.3 Å². The fourth-order valence-electron chi connectivity index (χ4n) is 1.31. The molecule has 1 rings (SSSR count). The number of aromatic nitrogens is 2. The van der Waals surface area contributed by atoms with Crippen LogP contribution in [0.4, 0.5) is 16.6 Å². The summed E-state index contributed by atoms with van der Waals surface area (Å²) in [6.45, 7) is 5.86. The zero-order valence-corrected chi connectivity index (χ0v) is 10.8. The van der Waals surface area contributed by atoms with Crippen molar-refractivity contribution in [3.05, 3.63) is 11.8 Å². The largest absolute Gasteiger partial charge is 0.368 e. The molecule has 7 heteroatoms. The van der Waals surface area contributed by atoms with Crippen LogP contribution in [0, 0.1) is 6.92 Å². The molecule has 0 unspecified atom stereocenters. The Morgan fingerprint density at radius 1 is 1.33 bits per heavy atom. The van der Waals surface area contributed by atoms with E-state index in [9.17, 15) is 4.79 Å². The van der Waals surface area contributed by atoms with Crippen LogP contribution in [0.25, 0.3) is 0 Å². The van der Waals surface area contributed by atoms with Gasteiger partial charge >= 0.3 is 6.03 Å². The molecule has 0 bridgehead atoms. The molecular weight excluding hydrogens is 232 g/mol. The number of aryl methyl sites for hydroxylation is 1. The van der Waals surface area contributed by atoms with Gasteiger partial charge < -0.3 is 21.7 Å². The molecule has 0 saturated carbocycles. The summed E-state index contributed by atoms with van der Waals surface area (Å²) in [4.78, 5) is 19.0. The summed E-state index contributed by atoms with van der Waals surface area (Å²) in [7, 11) is 0. The van der Waals surface area contributed by atoms with Gasteiger partial charge in [0.05, 0.1) is 0 Å². The molecule has 18 heavy (non-hydrogen) atoms. The highest BCUT2D eigenvalue weighted by Gasteiger charge is 2.02. The minimum absolute atomic E-state index is 0.455. The Labute approximate surface area is 107 Å². The molecule has 1 heterocycles. The molecule has 0 aliphatic heterocycles. The Bertz CT molecular complexity index is 395. The van der Waals surface area contributed by atoms with Crippen molar-refractivity contribution in [1.82, 2.24) is 15.3 Å². The van der Waals surface area contributed by atoms with E-state index < -0.39 is 6.03 Å². The number of primary amides is 1. The van der Waals surface area contributed by atoms with Crippen molar-refractivity contribution in [2.24, 2.45) is 5.73 Å². The second-order valence-corrected chi connectivity index (χ2v) is 3.87. The molecule has 5 N–H and O–H groups in total. The van der Waals surface area contributed by atoms with Crippen molar-refractivity contribution in [1.29, 1.82) is 0 Å². The van der Waals surface area contributed by atoms with Crippen LogP contribution < -0.4 is 21.7 Å². The van der Waals surface area contributed by atoms with Crippen LogP contribution in [0.5, 0.6) is 0 Å². The number of nitrogens with one attached hydrogen (secondary N) is 3. The standard InChI is InChI=1S/C11H20N6O/c1-3-4-15-11-16-7-8(2)9(17-11)13-5-6-14-10(12)18/h7H,3-6H2,1-2H3,(H3,12,14,18)(H2,13,15,16,17). The highest BCUT2D eigenvalue weighted by atomic mass is 16.2. The Morgan fingerprint density at radius 3 is 2.78 bits per heavy atom. The number of rotatable bonds is 7. The quantitative estimate of drug-likeness (QED) is 0.534. The molecule has 0 fully saturated rings. The number of urea groups is 1. The van der Waals surface area contributed by atoms with Gasteiger partial charge in [-0.3, -0.25) is 0 Å². The maximum absolute atomic E-state index is 10.5. The molecular formula is C11H20N6O. The Morgan fingerprint density at radius 2 is 2.11 bits per heavy atom. The molecule has 0 aliphatic rings. The number of nitrogens with two attached hydrogens (primary N) is 1. The molecule has 0 radical (unpaired) electrons. The van der Waals surface area contributed by atoms with Gasteiger partial charge in [-0.25, -0.2) is 9.78 Å². The zero-order valence-electron chi connectivity index (χ0n) is 10.8. The Kier molecular flexibility index (Phi) is 5.69. The molecule has 100 valence electrons. The first-order valence-electron chi connectivity index (χ1n) is 5.98. The van der Waals surface area contributed by atoms with Gasteiger partial charge in [-0.05, 0) is 13.3 Å². The van der Waals surface area contributed by atoms with Crippen molar-refractivity contribution in [2.75, 3.05) is 30.3 Å². The average Bonchev–Trinajstić information content (AvgIpc) is 2.34. The number of amides is 2. The topological polar surface area (TPSA) is 105 Å². The van der Waals surface area contributed by atoms with Gasteiger partial charge in [0.2, 0.25) is 5.95 Å². The van der Waals surface area contributed by atoms with E-state index in [2.05, 4.69) is 32.8 Å². The van der Waals surface area contributed by atoms with E-state index in [0.717, 1.165) is 24.3 Å². The first-order valence-corrected chi connectivity index (χ1v) is 5.98. The smallest absolute Gasteiger partial charge is 0.312 e. The summed E-state index contributed by atoms with van der Waals surface area (Å²) in [5, 5.41) is 8.74. The van der Waals surface area contributed by atoms with Gasteiger partial charge in [-0.15, -0.1) is 0 Å². The van der Waals surface area contributed by atoms with Crippen LogP contribution in [0.2, 0.25) is 0 Å². The highest BCUT2D eigenvalue weighted by molar-refractivity contribution is 5.71. The SMILES string of the molecule is CCCNc1ncc(C)c(NCCNC(N)=O)n1. The van der Waals surface area contributed by atoms with Crippen LogP contribution in [0.15, 0.2) is 6.20 Å². The first-order chi connectivity index (χ1) is 8.63. The predicted octanol–water partition coefficient (Wildman–Crippen LogP) is 0.687. The Balaban J connectivity index is 2.49. The van der Waals surface area contributed by atoms with Crippen molar-refractivity contribution in [3.8, 4) is 0 Å². The highest BCUT2D eigenvalue weighted by Crippen LogP contribution is 2.11. The molecule has 2 amide bonds. The molecule has 0 spiro atoms. The number of anilines is 2. The third-order valence-electron chi connectivity index (χ3n) is 2.22. The van der Waals surface area contributed by atoms with Crippen LogP contribution in [-0.2, 0) is 0 Å². The summed E-state index contributed by atoms with van der Waals surface area (Å²) in [5.41, 5.74) is 5.92. The Hall–Kier alpha value is -2.05. The molecule has 0 aliphatic carbocycles. The van der Waals surface area contributed by atoms with E-state index in [1.54, 1.807) is 6.20 Å². The number of nitrogens with zero attached hydrogens (tertiary/aromatic N) is 2. The lowest BCUT2D eigenvalue weighted by molar-refractivity contribution is 0.249. The summed E-state index contributed by atoms with van der Waals surface area (Å²) < 4.78 is 0. The van der Waals surface area contributed by atoms with Gasteiger partial charge in [-0.1, -0.05) is 6.92 Å². The van der Waals surface area contributed by atoms with Gasteiger partial charge in [-0.2, -0.15) is 4.98 Å². The normalized spacial score (nSPS) is 9.89. The molecule has 7 nitrogen and oxygen atoms in total. The molecule has 1 aromatic rings. The maximum Gasteiger partial charge on any atom is 0.312 e. The summed E-state index contributed by atoms with van der Waals surface area (Å²) in [6, 6.07) is -0.526. The van der Waals surface area contributed by atoms with E-state index in [1.807, 2.05) is 6.92 Å². The minimum Gasteiger partial charge on any atom is -0.368 e. The zero-order chi connectivity index (χ0) is 13.4. The van der Waals surface area contributed by atoms with Crippen molar-refractivity contribution >= 4 is 17.8 Å². The van der Waals surface area contributed by atoms with E-state index >= 15 is 0 Å². The van der Waals surface area contributed by atoms with Crippen molar-refractivity contribution < 1.29 is 4.79 Å². The monoisotopic (exact) mass is 252 g/mol. The lowest BCUT2D eigenvalue weighted by Crippen LogP contribution is -2.33. The van der Waals surface area contributed by atoms with Gasteiger partial charge in [0.15, 0.2) is 0 Å². The van der Waals surface area contributed by atoms with Crippen LogP contribution in [-0.4, -0.2) is 35.6 Å². The summed E-state index contributed by atoms with van der Waals surface area (Å²) in [6.07, 6.45) is 2.78. The predicted molar refractivity (Wildman–Crippen MR) is 71.6 cm³/mol. The van der Waals surface area contributed by atoms with E-state index in [1.165, 1.54) is 0 Å². The van der Waals surface area contributed by atoms with Gasteiger partial charge in [0.1, 0.15) is 5.82 Å². The number of hydrogen-bond donors (Lipinski definition) is 4. The van der Waals surface area contributed by atoms with Gasteiger partial charge in [0, 0.05) is 31.4 Å².